The Balaban J connectivity index is 1.50. The average Bonchev–Trinajstić information content (AvgIpc) is 3.10. The smallest absolute Gasteiger partial charge is 0.338 e. The summed E-state index contributed by atoms with van der Waals surface area (Å²) in [6, 6.07) is 4.28. The van der Waals surface area contributed by atoms with Crippen molar-refractivity contribution in [2.45, 2.75) is 65.8 Å². The highest BCUT2D eigenvalue weighted by atomic mass is 19.3. The Labute approximate surface area is 210 Å². The average molecular weight is 504 g/mol. The predicted octanol–water partition coefficient (Wildman–Crippen LogP) is 4.44. The molecule has 0 unspecified atom stereocenters. The fourth-order valence-corrected chi connectivity index (χ4v) is 5.30. The maximum Gasteiger partial charge on any atom is 0.338 e. The normalized spacial score (nSPS) is 18.3. The molecule has 3 heterocycles. The number of benzene rings is 1. The van der Waals surface area contributed by atoms with E-state index in [-0.39, 0.29) is 40.5 Å². The summed E-state index contributed by atoms with van der Waals surface area (Å²) in [5.74, 6) is -3.86. The van der Waals surface area contributed by atoms with Gasteiger partial charge >= 0.3 is 5.97 Å². The molecular weight excluding hydrogens is 468 g/mol. The van der Waals surface area contributed by atoms with Gasteiger partial charge in [0.15, 0.2) is 0 Å². The maximum atomic E-state index is 13.9. The van der Waals surface area contributed by atoms with Gasteiger partial charge in [-0.2, -0.15) is 5.10 Å². The SMILES string of the molecule is CCc1nn(C[C@@H](C)COC(=O)c2cccc(C(C)(F)F)c2C)c2c1C(=O)NCC1(CCOCC1)C2. The Morgan fingerprint density at radius 3 is 2.72 bits per heavy atom. The molecule has 2 aromatic rings. The van der Waals surface area contributed by atoms with E-state index in [0.29, 0.717) is 38.3 Å². The summed E-state index contributed by atoms with van der Waals surface area (Å²) in [5, 5.41) is 7.87. The number of hydrogen-bond donors (Lipinski definition) is 1. The fraction of sp³-hybridized carbons (Fsp3) is 0.593. The van der Waals surface area contributed by atoms with Crippen LogP contribution >= 0.6 is 0 Å². The molecule has 2 aliphatic rings. The summed E-state index contributed by atoms with van der Waals surface area (Å²) in [6.07, 6.45) is 3.13. The molecule has 0 saturated carbocycles. The van der Waals surface area contributed by atoms with Gasteiger partial charge in [0.1, 0.15) is 0 Å². The number of ether oxygens (including phenoxy) is 2. The molecule has 1 aromatic carbocycles. The standard InChI is InChI=1S/C27H35F2N3O4/c1-5-21-23-22(13-27(16-30-24(23)33)9-11-35-12-10-27)32(31-21)14-17(2)15-36-25(34)19-7-6-8-20(18(19)3)26(4,28)29/h6-8,17H,5,9-16H2,1-4H3,(H,30,33)/t17-/m1/s1. The van der Waals surface area contributed by atoms with E-state index in [0.717, 1.165) is 37.6 Å². The molecule has 2 aliphatic heterocycles. The van der Waals surface area contributed by atoms with Gasteiger partial charge in [-0.05, 0) is 49.7 Å². The molecule has 7 nitrogen and oxygen atoms in total. The highest BCUT2D eigenvalue weighted by Gasteiger charge is 2.39. The zero-order chi connectivity index (χ0) is 26.1. The van der Waals surface area contributed by atoms with Gasteiger partial charge in [0, 0.05) is 44.7 Å². The largest absolute Gasteiger partial charge is 0.462 e. The van der Waals surface area contributed by atoms with Crippen LogP contribution in [-0.2, 0) is 34.8 Å². The van der Waals surface area contributed by atoms with Gasteiger partial charge in [-0.15, -0.1) is 0 Å². The first kappa shape index (κ1) is 26.3. The summed E-state index contributed by atoms with van der Waals surface area (Å²) < 4.78 is 40.7. The van der Waals surface area contributed by atoms with E-state index >= 15 is 0 Å². The number of rotatable bonds is 7. The molecule has 0 bridgehead atoms. The molecule has 1 spiro atoms. The van der Waals surface area contributed by atoms with E-state index in [4.69, 9.17) is 14.6 Å². The Hall–Kier alpha value is -2.81. The van der Waals surface area contributed by atoms with Crippen molar-refractivity contribution in [3.8, 4) is 0 Å². The van der Waals surface area contributed by atoms with Gasteiger partial charge in [0.05, 0.1) is 29.1 Å². The molecule has 9 heteroatoms. The number of alkyl halides is 2. The van der Waals surface area contributed by atoms with Gasteiger partial charge in [0.2, 0.25) is 0 Å². The second kappa shape index (κ2) is 10.3. The zero-order valence-electron chi connectivity index (χ0n) is 21.5. The molecule has 1 N–H and O–H groups in total. The number of hydrogen-bond acceptors (Lipinski definition) is 5. The van der Waals surface area contributed by atoms with Crippen molar-refractivity contribution in [1.29, 1.82) is 0 Å². The number of nitrogens with zero attached hydrogens (tertiary/aromatic N) is 2. The van der Waals surface area contributed by atoms with Crippen LogP contribution in [0.25, 0.3) is 0 Å². The number of carbonyl (C=O) groups excluding carboxylic acids is 2. The number of halogens is 2. The topological polar surface area (TPSA) is 82.5 Å². The summed E-state index contributed by atoms with van der Waals surface area (Å²) in [7, 11) is 0. The summed E-state index contributed by atoms with van der Waals surface area (Å²) in [6.45, 7) is 8.80. The number of carbonyl (C=O) groups is 2. The van der Waals surface area contributed by atoms with Gasteiger partial charge in [-0.25, -0.2) is 13.6 Å². The number of amides is 1. The molecule has 1 fully saturated rings. The number of aromatic nitrogens is 2. The first-order valence-electron chi connectivity index (χ1n) is 12.6. The summed E-state index contributed by atoms with van der Waals surface area (Å²) in [5.41, 5.74) is 2.48. The first-order chi connectivity index (χ1) is 17.0. The third-order valence-electron chi connectivity index (χ3n) is 7.42. The lowest BCUT2D eigenvalue weighted by molar-refractivity contribution is 0.0151. The minimum atomic E-state index is -3.04. The highest BCUT2D eigenvalue weighted by Crippen LogP contribution is 2.37. The van der Waals surface area contributed by atoms with E-state index in [9.17, 15) is 18.4 Å². The number of aryl methyl sites for hydroxylation is 1. The monoisotopic (exact) mass is 503 g/mol. The molecule has 0 aliphatic carbocycles. The molecule has 4 rings (SSSR count). The molecule has 1 aromatic heterocycles. The molecule has 1 atom stereocenters. The van der Waals surface area contributed by atoms with Gasteiger partial charge < -0.3 is 14.8 Å². The number of esters is 1. The first-order valence-corrected chi connectivity index (χ1v) is 12.6. The molecule has 1 saturated heterocycles. The second-order valence-corrected chi connectivity index (χ2v) is 10.3. The molecule has 1 amide bonds. The second-order valence-electron chi connectivity index (χ2n) is 10.3. The van der Waals surface area contributed by atoms with E-state index < -0.39 is 11.9 Å². The van der Waals surface area contributed by atoms with Crippen LogP contribution in [0.15, 0.2) is 18.2 Å². The lowest BCUT2D eigenvalue weighted by atomic mass is 9.76. The Morgan fingerprint density at radius 1 is 1.33 bits per heavy atom. The van der Waals surface area contributed by atoms with Gasteiger partial charge in [-0.3, -0.25) is 9.48 Å². The third kappa shape index (κ3) is 5.31. The van der Waals surface area contributed by atoms with Crippen LogP contribution in [-0.4, -0.2) is 48.0 Å². The van der Waals surface area contributed by atoms with Crippen molar-refractivity contribution < 1.29 is 27.8 Å². The third-order valence-corrected chi connectivity index (χ3v) is 7.42. The van der Waals surface area contributed by atoms with Crippen molar-refractivity contribution in [3.05, 3.63) is 51.8 Å². The molecule has 196 valence electrons. The van der Waals surface area contributed by atoms with Crippen molar-refractivity contribution in [2.24, 2.45) is 11.3 Å². The van der Waals surface area contributed by atoms with E-state index in [1.165, 1.54) is 25.1 Å². The lowest BCUT2D eigenvalue weighted by Gasteiger charge is -2.36. The van der Waals surface area contributed by atoms with Crippen LogP contribution in [0.4, 0.5) is 8.78 Å². The van der Waals surface area contributed by atoms with Crippen molar-refractivity contribution in [1.82, 2.24) is 15.1 Å². The maximum absolute atomic E-state index is 13.9. The van der Waals surface area contributed by atoms with Crippen molar-refractivity contribution in [3.63, 3.8) is 0 Å². The van der Waals surface area contributed by atoms with Crippen LogP contribution < -0.4 is 5.32 Å². The molecule has 36 heavy (non-hydrogen) atoms. The van der Waals surface area contributed by atoms with Gasteiger partial charge in [-0.1, -0.05) is 26.0 Å². The van der Waals surface area contributed by atoms with Crippen LogP contribution in [0.2, 0.25) is 0 Å². The minimum absolute atomic E-state index is 0.0540. The summed E-state index contributed by atoms with van der Waals surface area (Å²) in [4.78, 5) is 25.7. The molecule has 0 radical (unpaired) electrons. The van der Waals surface area contributed by atoms with Crippen LogP contribution in [0, 0.1) is 18.3 Å². The highest BCUT2D eigenvalue weighted by molar-refractivity contribution is 5.97. The van der Waals surface area contributed by atoms with Crippen molar-refractivity contribution >= 4 is 11.9 Å². The van der Waals surface area contributed by atoms with Crippen LogP contribution in [0.5, 0.6) is 0 Å². The lowest BCUT2D eigenvalue weighted by Crippen LogP contribution is -2.41. The van der Waals surface area contributed by atoms with E-state index in [1.54, 1.807) is 0 Å². The zero-order valence-corrected chi connectivity index (χ0v) is 21.5. The van der Waals surface area contributed by atoms with Crippen molar-refractivity contribution in [2.75, 3.05) is 26.4 Å². The number of nitrogens with one attached hydrogen (secondary N) is 1. The van der Waals surface area contributed by atoms with E-state index in [1.807, 2.05) is 18.5 Å². The van der Waals surface area contributed by atoms with Crippen LogP contribution in [0.1, 0.15) is 76.8 Å². The molecular formula is C27H35F2N3O4. The fourth-order valence-electron chi connectivity index (χ4n) is 5.30. The van der Waals surface area contributed by atoms with Gasteiger partial charge in [0.25, 0.3) is 11.8 Å². The minimum Gasteiger partial charge on any atom is -0.462 e. The predicted molar refractivity (Wildman–Crippen MR) is 130 cm³/mol. The summed E-state index contributed by atoms with van der Waals surface area (Å²) >= 11 is 0. The van der Waals surface area contributed by atoms with E-state index in [2.05, 4.69) is 5.32 Å². The van der Waals surface area contributed by atoms with Crippen LogP contribution in [0.3, 0.4) is 0 Å². The quantitative estimate of drug-likeness (QED) is 0.565. The Bertz CT molecular complexity index is 1130. The Kier molecular flexibility index (Phi) is 7.50. The number of fused-ring (bicyclic) bond motifs is 1. The Morgan fingerprint density at radius 2 is 2.06 bits per heavy atom.